The molecule has 2 aliphatic heterocycles. The molecular weight excluding hydrogens is 442 g/mol. The summed E-state index contributed by atoms with van der Waals surface area (Å²) in [6.45, 7) is 7.22. The number of carbonyl (C=O) groups is 4. The number of thioether (sulfide) groups is 1. The maximum absolute atomic E-state index is 12.5. The molecule has 3 rings (SSSR count). The predicted octanol–water partition coefficient (Wildman–Crippen LogP) is 2.14. The SMILES string of the molecule is CC(C)(C)NC(=O)CNC(=O)c1cccc(NC(=O)C[C@@H]2SC(N3CCCCC3)=NC2=O)c1. The summed E-state index contributed by atoms with van der Waals surface area (Å²) in [6.07, 6.45) is 3.37. The number of nitrogens with one attached hydrogen (secondary N) is 3. The zero-order valence-corrected chi connectivity index (χ0v) is 20.1. The predicted molar refractivity (Wildman–Crippen MR) is 129 cm³/mol. The van der Waals surface area contributed by atoms with Crippen LogP contribution in [0.15, 0.2) is 29.3 Å². The Balaban J connectivity index is 1.49. The van der Waals surface area contributed by atoms with Gasteiger partial charge in [-0.2, -0.15) is 4.99 Å². The van der Waals surface area contributed by atoms with Gasteiger partial charge in [0.25, 0.3) is 11.8 Å². The Bertz CT molecular complexity index is 950. The van der Waals surface area contributed by atoms with E-state index in [9.17, 15) is 19.2 Å². The zero-order valence-electron chi connectivity index (χ0n) is 19.3. The minimum atomic E-state index is -0.533. The summed E-state index contributed by atoms with van der Waals surface area (Å²) in [5.74, 6) is -1.31. The molecule has 0 aromatic heterocycles. The van der Waals surface area contributed by atoms with Crippen LogP contribution in [0.1, 0.15) is 56.8 Å². The van der Waals surface area contributed by atoms with Crippen LogP contribution in [0.4, 0.5) is 5.69 Å². The lowest BCUT2D eigenvalue weighted by Gasteiger charge is -2.27. The number of nitrogens with zero attached hydrogens (tertiary/aromatic N) is 2. The molecule has 10 heteroatoms. The van der Waals surface area contributed by atoms with E-state index in [0.717, 1.165) is 25.9 Å². The molecule has 0 radical (unpaired) electrons. The fraction of sp³-hybridized carbons (Fsp3) is 0.522. The second-order valence-electron chi connectivity index (χ2n) is 9.20. The van der Waals surface area contributed by atoms with E-state index in [4.69, 9.17) is 0 Å². The summed E-state index contributed by atoms with van der Waals surface area (Å²) in [5, 5.41) is 8.27. The minimum absolute atomic E-state index is 0.00768. The van der Waals surface area contributed by atoms with E-state index < -0.39 is 11.2 Å². The molecule has 1 saturated heterocycles. The van der Waals surface area contributed by atoms with Gasteiger partial charge in [0.1, 0.15) is 5.25 Å². The Morgan fingerprint density at radius 2 is 1.85 bits per heavy atom. The Labute approximate surface area is 198 Å². The average molecular weight is 474 g/mol. The van der Waals surface area contributed by atoms with E-state index in [-0.39, 0.29) is 36.2 Å². The summed E-state index contributed by atoms with van der Waals surface area (Å²) in [7, 11) is 0. The van der Waals surface area contributed by atoms with Gasteiger partial charge in [0.2, 0.25) is 11.8 Å². The van der Waals surface area contributed by atoms with Crippen molar-refractivity contribution < 1.29 is 19.2 Å². The topological polar surface area (TPSA) is 120 Å². The number of rotatable bonds is 6. The normalized spacial score (nSPS) is 18.5. The van der Waals surface area contributed by atoms with Crippen molar-refractivity contribution >= 4 is 46.2 Å². The van der Waals surface area contributed by atoms with Crippen LogP contribution in [0.5, 0.6) is 0 Å². The second kappa shape index (κ2) is 10.8. The van der Waals surface area contributed by atoms with Crippen molar-refractivity contribution in [3.05, 3.63) is 29.8 Å². The lowest BCUT2D eigenvalue weighted by Crippen LogP contribution is -2.45. The van der Waals surface area contributed by atoms with E-state index >= 15 is 0 Å². The van der Waals surface area contributed by atoms with Crippen LogP contribution in [0.3, 0.4) is 0 Å². The quantitative estimate of drug-likeness (QED) is 0.582. The van der Waals surface area contributed by atoms with Crippen LogP contribution >= 0.6 is 11.8 Å². The molecule has 1 aromatic carbocycles. The molecule has 2 aliphatic rings. The van der Waals surface area contributed by atoms with Gasteiger partial charge in [0.15, 0.2) is 5.17 Å². The van der Waals surface area contributed by atoms with Gasteiger partial charge in [-0.15, -0.1) is 0 Å². The van der Waals surface area contributed by atoms with E-state index in [0.29, 0.717) is 16.4 Å². The van der Waals surface area contributed by atoms with Crippen molar-refractivity contribution in [2.75, 3.05) is 25.0 Å². The Hall–Kier alpha value is -2.88. The van der Waals surface area contributed by atoms with E-state index in [1.165, 1.54) is 24.2 Å². The molecule has 1 aromatic rings. The van der Waals surface area contributed by atoms with Crippen molar-refractivity contribution in [3.8, 4) is 0 Å². The summed E-state index contributed by atoms with van der Waals surface area (Å²) < 4.78 is 0. The summed E-state index contributed by atoms with van der Waals surface area (Å²) in [5.41, 5.74) is 0.378. The standard InChI is InChI=1S/C23H31N5O4S/c1-23(2,3)27-19(30)14-24-20(31)15-8-7-9-16(12-15)25-18(29)13-17-21(32)26-22(33-17)28-10-5-4-6-11-28/h7-9,12,17H,4-6,10-11,13-14H2,1-3H3,(H,24,31)(H,25,29)(H,27,30)/t17-/m0/s1. The average Bonchev–Trinajstić information content (AvgIpc) is 3.11. The van der Waals surface area contributed by atoms with E-state index in [2.05, 4.69) is 25.8 Å². The van der Waals surface area contributed by atoms with Gasteiger partial charge in [-0.25, -0.2) is 0 Å². The molecule has 0 saturated carbocycles. The number of amides is 4. The third kappa shape index (κ3) is 7.59. The number of amidine groups is 1. The molecule has 9 nitrogen and oxygen atoms in total. The number of piperidine rings is 1. The molecule has 178 valence electrons. The van der Waals surface area contributed by atoms with Crippen molar-refractivity contribution in [3.63, 3.8) is 0 Å². The highest BCUT2D eigenvalue weighted by molar-refractivity contribution is 8.15. The first kappa shape index (κ1) is 24.8. The number of aliphatic imine (C=N–C) groups is 1. The highest BCUT2D eigenvalue weighted by Gasteiger charge is 2.33. The molecule has 0 spiro atoms. The molecule has 1 atom stereocenters. The maximum Gasteiger partial charge on any atom is 0.262 e. The van der Waals surface area contributed by atoms with E-state index in [1.807, 2.05) is 20.8 Å². The fourth-order valence-corrected chi connectivity index (χ4v) is 4.69. The van der Waals surface area contributed by atoms with Crippen LogP contribution in [0.25, 0.3) is 0 Å². The Morgan fingerprint density at radius 1 is 1.12 bits per heavy atom. The molecule has 33 heavy (non-hydrogen) atoms. The zero-order chi connectivity index (χ0) is 24.0. The molecule has 1 fully saturated rings. The molecule has 2 heterocycles. The number of hydrogen-bond donors (Lipinski definition) is 3. The van der Waals surface area contributed by atoms with Crippen LogP contribution in [-0.2, 0) is 14.4 Å². The molecule has 3 N–H and O–H groups in total. The first-order valence-electron chi connectivity index (χ1n) is 11.1. The van der Waals surface area contributed by atoms with Crippen molar-refractivity contribution in [2.45, 2.75) is 57.2 Å². The number of likely N-dealkylation sites (tertiary alicyclic amines) is 1. The largest absolute Gasteiger partial charge is 0.351 e. The highest BCUT2D eigenvalue weighted by atomic mass is 32.2. The summed E-state index contributed by atoms with van der Waals surface area (Å²) in [6, 6.07) is 6.45. The van der Waals surface area contributed by atoms with E-state index in [1.54, 1.807) is 18.2 Å². The van der Waals surface area contributed by atoms with Crippen LogP contribution in [-0.4, -0.2) is 64.1 Å². The Morgan fingerprint density at radius 3 is 2.55 bits per heavy atom. The van der Waals surface area contributed by atoms with Crippen molar-refractivity contribution in [1.82, 2.24) is 15.5 Å². The number of hydrogen-bond acceptors (Lipinski definition) is 6. The molecular formula is C23H31N5O4S. The number of anilines is 1. The summed E-state index contributed by atoms with van der Waals surface area (Å²) in [4.78, 5) is 55.4. The monoisotopic (exact) mass is 473 g/mol. The molecule has 0 bridgehead atoms. The summed E-state index contributed by atoms with van der Waals surface area (Å²) >= 11 is 1.35. The maximum atomic E-state index is 12.5. The molecule has 0 aliphatic carbocycles. The van der Waals surface area contributed by atoms with Crippen LogP contribution in [0.2, 0.25) is 0 Å². The van der Waals surface area contributed by atoms with Crippen molar-refractivity contribution in [1.29, 1.82) is 0 Å². The van der Waals surface area contributed by atoms with Gasteiger partial charge in [0, 0.05) is 36.3 Å². The van der Waals surface area contributed by atoms with Gasteiger partial charge in [-0.05, 0) is 58.2 Å². The van der Waals surface area contributed by atoms with Crippen molar-refractivity contribution in [2.24, 2.45) is 4.99 Å². The third-order valence-electron chi connectivity index (χ3n) is 5.06. The number of benzene rings is 1. The second-order valence-corrected chi connectivity index (χ2v) is 10.4. The van der Waals surface area contributed by atoms with Gasteiger partial charge in [-0.3, -0.25) is 19.2 Å². The van der Waals surface area contributed by atoms with Crippen LogP contribution in [0, 0.1) is 0 Å². The van der Waals surface area contributed by atoms with Gasteiger partial charge < -0.3 is 20.9 Å². The molecule has 4 amide bonds. The lowest BCUT2D eigenvalue weighted by molar-refractivity contribution is -0.121. The van der Waals surface area contributed by atoms with Crippen LogP contribution < -0.4 is 16.0 Å². The van der Waals surface area contributed by atoms with Gasteiger partial charge in [0.05, 0.1) is 6.54 Å². The first-order valence-corrected chi connectivity index (χ1v) is 12.0. The van der Waals surface area contributed by atoms with Gasteiger partial charge in [-0.1, -0.05) is 17.8 Å². The van der Waals surface area contributed by atoms with Gasteiger partial charge >= 0.3 is 0 Å². The highest BCUT2D eigenvalue weighted by Crippen LogP contribution is 2.29. The molecule has 0 unspecified atom stereocenters. The first-order chi connectivity index (χ1) is 15.6. The smallest absolute Gasteiger partial charge is 0.262 e. The third-order valence-corrected chi connectivity index (χ3v) is 6.27. The Kier molecular flexibility index (Phi) is 8.12. The minimum Gasteiger partial charge on any atom is -0.351 e. The number of carbonyl (C=O) groups excluding carboxylic acids is 4. The fourth-order valence-electron chi connectivity index (χ4n) is 3.57. The lowest BCUT2D eigenvalue weighted by atomic mass is 10.1.